The zero-order chi connectivity index (χ0) is 15.6. The van der Waals surface area contributed by atoms with E-state index in [-0.39, 0.29) is 12.1 Å². The Balaban J connectivity index is 2.94. The summed E-state index contributed by atoms with van der Waals surface area (Å²) >= 11 is 5.86. The topological polar surface area (TPSA) is 67.8 Å². The van der Waals surface area contributed by atoms with E-state index in [0.29, 0.717) is 22.8 Å². The van der Waals surface area contributed by atoms with Gasteiger partial charge in [-0.25, -0.2) is 4.79 Å². The molecule has 0 bridgehead atoms. The van der Waals surface area contributed by atoms with Gasteiger partial charge in [0, 0.05) is 18.1 Å². The lowest BCUT2D eigenvalue weighted by atomic mass is 10.1. The van der Waals surface area contributed by atoms with Crippen LogP contribution >= 0.6 is 11.6 Å². The summed E-state index contributed by atoms with van der Waals surface area (Å²) in [7, 11) is 0. The molecule has 1 aromatic heterocycles. The van der Waals surface area contributed by atoms with Gasteiger partial charge in [-0.05, 0) is 31.5 Å². The maximum atomic E-state index is 12.4. The summed E-state index contributed by atoms with van der Waals surface area (Å²) < 4.78 is 2.51. The number of aromatic nitrogens is 2. The Morgan fingerprint density at radius 2 is 1.67 bits per heavy atom. The summed E-state index contributed by atoms with van der Waals surface area (Å²) in [6.07, 6.45) is 0. The van der Waals surface area contributed by atoms with Crippen LogP contribution in [0.15, 0.2) is 33.9 Å². The van der Waals surface area contributed by atoms with Gasteiger partial charge in [0.25, 0.3) is 5.56 Å². The van der Waals surface area contributed by atoms with Crippen molar-refractivity contribution in [1.29, 1.82) is 5.26 Å². The molecule has 0 saturated heterocycles. The fourth-order valence-electron chi connectivity index (χ4n) is 2.28. The van der Waals surface area contributed by atoms with E-state index in [1.165, 1.54) is 4.57 Å². The quantitative estimate of drug-likeness (QED) is 0.873. The Kier molecular flexibility index (Phi) is 4.29. The monoisotopic (exact) mass is 303 g/mol. The van der Waals surface area contributed by atoms with Gasteiger partial charge in [0.1, 0.15) is 11.6 Å². The van der Waals surface area contributed by atoms with Crippen molar-refractivity contribution in [2.45, 2.75) is 26.9 Å². The zero-order valence-corrected chi connectivity index (χ0v) is 12.5. The number of rotatable bonds is 3. The van der Waals surface area contributed by atoms with Gasteiger partial charge in [-0.1, -0.05) is 23.7 Å². The predicted octanol–water partition coefficient (Wildman–Crippen LogP) is 2.24. The van der Waals surface area contributed by atoms with E-state index >= 15 is 0 Å². The minimum absolute atomic E-state index is 0.0272. The molecule has 0 amide bonds. The van der Waals surface area contributed by atoms with Crippen LogP contribution in [0.1, 0.15) is 19.4 Å². The van der Waals surface area contributed by atoms with Gasteiger partial charge < -0.3 is 0 Å². The second kappa shape index (κ2) is 5.98. The highest BCUT2D eigenvalue weighted by Gasteiger charge is 2.18. The van der Waals surface area contributed by atoms with Crippen LogP contribution in [0, 0.1) is 11.3 Å². The normalized spacial score (nSPS) is 10.4. The molecule has 0 radical (unpaired) electrons. The standard InChI is InChI=1S/C15H14ClN3O2/c1-3-18-13(10-5-7-11(16)8-6-10)12(9-17)14(20)19(4-2)15(18)21/h5-8H,3-4H2,1-2H3. The van der Waals surface area contributed by atoms with Crippen LogP contribution < -0.4 is 11.2 Å². The fourth-order valence-corrected chi connectivity index (χ4v) is 2.41. The van der Waals surface area contributed by atoms with Crippen molar-refractivity contribution in [2.75, 3.05) is 0 Å². The lowest BCUT2D eigenvalue weighted by molar-refractivity contribution is 0.590. The molecule has 0 aliphatic rings. The lowest BCUT2D eigenvalue weighted by Crippen LogP contribution is -2.41. The van der Waals surface area contributed by atoms with Crippen LogP contribution in [0.25, 0.3) is 11.3 Å². The van der Waals surface area contributed by atoms with Crippen molar-refractivity contribution >= 4 is 11.6 Å². The Morgan fingerprint density at radius 3 is 2.14 bits per heavy atom. The molecule has 0 fully saturated rings. The Labute approximate surface area is 126 Å². The van der Waals surface area contributed by atoms with Crippen LogP contribution in [0.2, 0.25) is 5.02 Å². The number of halogens is 1. The summed E-state index contributed by atoms with van der Waals surface area (Å²) in [5.41, 5.74) is -0.0270. The maximum absolute atomic E-state index is 12.4. The van der Waals surface area contributed by atoms with Crippen LogP contribution in [-0.4, -0.2) is 9.13 Å². The van der Waals surface area contributed by atoms with Crippen molar-refractivity contribution in [3.63, 3.8) is 0 Å². The first-order chi connectivity index (χ1) is 10.0. The number of nitriles is 1. The molecule has 1 heterocycles. The molecule has 0 aliphatic heterocycles. The molecule has 0 atom stereocenters. The smallest absolute Gasteiger partial charge is 0.292 e. The number of hydrogen-bond donors (Lipinski definition) is 0. The number of nitrogens with zero attached hydrogens (tertiary/aromatic N) is 3. The third-order valence-electron chi connectivity index (χ3n) is 3.29. The zero-order valence-electron chi connectivity index (χ0n) is 11.8. The summed E-state index contributed by atoms with van der Waals surface area (Å²) in [6.45, 7) is 4.09. The minimum Gasteiger partial charge on any atom is -0.292 e. The molecular weight excluding hydrogens is 290 g/mol. The van der Waals surface area contributed by atoms with Crippen LogP contribution in [0.5, 0.6) is 0 Å². The molecule has 0 saturated carbocycles. The molecule has 1 aromatic carbocycles. The average molecular weight is 304 g/mol. The summed E-state index contributed by atoms with van der Waals surface area (Å²) in [5, 5.41) is 9.89. The first-order valence-electron chi connectivity index (χ1n) is 6.58. The van der Waals surface area contributed by atoms with E-state index in [2.05, 4.69) is 0 Å². The Morgan fingerprint density at radius 1 is 1.10 bits per heavy atom. The van der Waals surface area contributed by atoms with Crippen LogP contribution in [0.3, 0.4) is 0 Å². The van der Waals surface area contributed by atoms with Gasteiger partial charge in [0.15, 0.2) is 0 Å². The molecule has 2 rings (SSSR count). The molecule has 6 heteroatoms. The molecule has 0 aliphatic carbocycles. The number of benzene rings is 1. The van der Waals surface area contributed by atoms with Crippen molar-refractivity contribution in [1.82, 2.24) is 9.13 Å². The second-order valence-electron chi connectivity index (χ2n) is 4.42. The molecule has 2 aromatic rings. The van der Waals surface area contributed by atoms with E-state index < -0.39 is 11.2 Å². The second-order valence-corrected chi connectivity index (χ2v) is 4.85. The van der Waals surface area contributed by atoms with Gasteiger partial charge in [0.2, 0.25) is 0 Å². The predicted molar refractivity (Wildman–Crippen MR) is 81.5 cm³/mol. The first kappa shape index (κ1) is 15.1. The minimum atomic E-state index is -0.556. The van der Waals surface area contributed by atoms with Gasteiger partial charge in [0.05, 0.1) is 5.69 Å². The van der Waals surface area contributed by atoms with Crippen molar-refractivity contribution in [3.8, 4) is 17.3 Å². The van der Waals surface area contributed by atoms with Crippen LogP contribution in [-0.2, 0) is 13.1 Å². The third-order valence-corrected chi connectivity index (χ3v) is 3.54. The highest BCUT2D eigenvalue weighted by molar-refractivity contribution is 6.30. The molecule has 108 valence electrons. The van der Waals surface area contributed by atoms with E-state index in [1.807, 2.05) is 6.07 Å². The number of hydrogen-bond acceptors (Lipinski definition) is 3. The molecule has 0 N–H and O–H groups in total. The van der Waals surface area contributed by atoms with Gasteiger partial charge in [-0.15, -0.1) is 0 Å². The Hall–Kier alpha value is -2.32. The first-order valence-corrected chi connectivity index (χ1v) is 6.96. The molecule has 0 spiro atoms. The summed E-state index contributed by atoms with van der Waals surface area (Å²) in [5.74, 6) is 0. The largest absolute Gasteiger partial charge is 0.331 e. The van der Waals surface area contributed by atoms with E-state index in [1.54, 1.807) is 38.1 Å². The van der Waals surface area contributed by atoms with E-state index in [0.717, 1.165) is 4.57 Å². The highest BCUT2D eigenvalue weighted by atomic mass is 35.5. The molecule has 21 heavy (non-hydrogen) atoms. The molecule has 5 nitrogen and oxygen atoms in total. The van der Waals surface area contributed by atoms with E-state index in [9.17, 15) is 14.9 Å². The van der Waals surface area contributed by atoms with Gasteiger partial charge in [-0.2, -0.15) is 5.26 Å². The van der Waals surface area contributed by atoms with Gasteiger partial charge in [-0.3, -0.25) is 13.9 Å². The SMILES string of the molecule is CCn1c(-c2ccc(Cl)cc2)c(C#N)c(=O)n(CC)c1=O. The van der Waals surface area contributed by atoms with Crippen molar-refractivity contribution < 1.29 is 0 Å². The summed E-state index contributed by atoms with van der Waals surface area (Å²) in [6, 6.07) is 8.64. The Bertz CT molecular complexity index is 826. The summed E-state index contributed by atoms with van der Waals surface area (Å²) in [4.78, 5) is 24.7. The van der Waals surface area contributed by atoms with Crippen molar-refractivity contribution in [3.05, 3.63) is 55.7 Å². The molecule has 0 unspecified atom stereocenters. The lowest BCUT2D eigenvalue weighted by Gasteiger charge is -2.15. The highest BCUT2D eigenvalue weighted by Crippen LogP contribution is 2.22. The van der Waals surface area contributed by atoms with Gasteiger partial charge >= 0.3 is 5.69 Å². The van der Waals surface area contributed by atoms with E-state index in [4.69, 9.17) is 11.6 Å². The fraction of sp³-hybridized carbons (Fsp3) is 0.267. The maximum Gasteiger partial charge on any atom is 0.331 e. The van der Waals surface area contributed by atoms with Crippen molar-refractivity contribution in [2.24, 2.45) is 0 Å². The average Bonchev–Trinajstić information content (AvgIpc) is 2.48. The van der Waals surface area contributed by atoms with Crippen LogP contribution in [0.4, 0.5) is 0 Å². The third kappa shape index (κ3) is 2.50. The molecular formula is C15H14ClN3O2.